The summed E-state index contributed by atoms with van der Waals surface area (Å²) in [7, 11) is -3.17. The van der Waals surface area contributed by atoms with Gasteiger partial charge in [-0.25, -0.2) is 8.42 Å². The average molecular weight is 295 g/mol. The number of aromatic nitrogens is 3. The van der Waals surface area contributed by atoms with Crippen molar-refractivity contribution in [2.45, 2.75) is 23.8 Å². The minimum Gasteiger partial charge on any atom is -0.297 e. The lowest BCUT2D eigenvalue weighted by molar-refractivity contribution is 0.602. The fourth-order valence-corrected chi connectivity index (χ4v) is 2.94. The lowest BCUT2D eigenvalue weighted by Crippen LogP contribution is -1.99. The molecule has 0 radical (unpaired) electrons. The molecule has 100 valence electrons. The first-order chi connectivity index (χ1) is 8.97. The Labute approximate surface area is 116 Å². The van der Waals surface area contributed by atoms with Crippen LogP contribution in [0.25, 0.3) is 11.4 Å². The van der Waals surface area contributed by atoms with E-state index in [1.165, 1.54) is 6.26 Å². The van der Waals surface area contributed by atoms with E-state index in [9.17, 15) is 8.42 Å². The molecule has 3 rings (SSSR count). The van der Waals surface area contributed by atoms with Crippen molar-refractivity contribution in [2.75, 3.05) is 6.26 Å². The molecule has 0 saturated heterocycles. The van der Waals surface area contributed by atoms with E-state index in [0.717, 1.165) is 24.2 Å². The maximum atomic E-state index is 11.4. The lowest BCUT2D eigenvalue weighted by atomic mass is 10.2. The molecule has 1 saturated carbocycles. The molecule has 1 aromatic heterocycles. The van der Waals surface area contributed by atoms with Crippen LogP contribution in [-0.4, -0.2) is 29.4 Å². The van der Waals surface area contributed by atoms with Gasteiger partial charge in [0, 0.05) is 17.9 Å². The zero-order chi connectivity index (χ0) is 13.6. The summed E-state index contributed by atoms with van der Waals surface area (Å²) < 4.78 is 25.5. The minimum absolute atomic E-state index is 0.309. The van der Waals surface area contributed by atoms with Gasteiger partial charge in [-0.1, -0.05) is 0 Å². The lowest BCUT2D eigenvalue weighted by Gasteiger charge is -2.05. The summed E-state index contributed by atoms with van der Waals surface area (Å²) in [4.78, 5) is 0.309. The molecule has 1 aliphatic carbocycles. The highest BCUT2D eigenvalue weighted by Crippen LogP contribution is 2.38. The van der Waals surface area contributed by atoms with Crippen LogP contribution < -0.4 is 0 Å². The average Bonchev–Trinajstić information content (AvgIpc) is 3.12. The summed E-state index contributed by atoms with van der Waals surface area (Å²) in [6.45, 7) is 0. The first-order valence-electron chi connectivity index (χ1n) is 5.94. The van der Waals surface area contributed by atoms with E-state index >= 15 is 0 Å². The molecule has 1 aliphatic rings. The summed E-state index contributed by atoms with van der Waals surface area (Å²) in [5.41, 5.74) is 0.867. The Hall–Kier alpha value is -1.47. The van der Waals surface area contributed by atoms with Crippen LogP contribution in [0.5, 0.6) is 0 Å². The molecule has 0 aliphatic heterocycles. The summed E-state index contributed by atoms with van der Waals surface area (Å²) in [5, 5.41) is 7.03. The Morgan fingerprint density at radius 2 is 1.95 bits per heavy atom. The first-order valence-corrected chi connectivity index (χ1v) is 8.24. The fraction of sp³-hybridized carbons (Fsp3) is 0.333. The van der Waals surface area contributed by atoms with Crippen LogP contribution in [0, 0.1) is 4.77 Å². The van der Waals surface area contributed by atoms with Gasteiger partial charge >= 0.3 is 0 Å². The van der Waals surface area contributed by atoms with E-state index in [1.54, 1.807) is 24.3 Å². The predicted molar refractivity (Wildman–Crippen MR) is 74.2 cm³/mol. The Morgan fingerprint density at radius 3 is 2.47 bits per heavy atom. The number of hydrogen-bond donors (Lipinski definition) is 1. The van der Waals surface area contributed by atoms with E-state index < -0.39 is 9.84 Å². The fourth-order valence-electron chi connectivity index (χ4n) is 2.03. The normalized spacial score (nSPS) is 15.6. The topological polar surface area (TPSA) is 67.8 Å². The molecule has 5 nitrogen and oxygen atoms in total. The maximum absolute atomic E-state index is 11.4. The molecule has 1 fully saturated rings. The van der Waals surface area contributed by atoms with Gasteiger partial charge in [-0.05, 0) is 49.3 Å². The van der Waals surface area contributed by atoms with Crippen molar-refractivity contribution in [1.29, 1.82) is 0 Å². The molecule has 2 aromatic rings. The molecular formula is C12H13N3O2S2. The highest BCUT2D eigenvalue weighted by molar-refractivity contribution is 7.90. The van der Waals surface area contributed by atoms with E-state index in [0.29, 0.717) is 15.7 Å². The quantitative estimate of drug-likeness (QED) is 0.883. The second-order valence-corrected chi connectivity index (χ2v) is 7.15. The molecule has 7 heteroatoms. The molecule has 0 amide bonds. The van der Waals surface area contributed by atoms with E-state index in [-0.39, 0.29) is 0 Å². The number of sulfone groups is 1. The molecular weight excluding hydrogens is 282 g/mol. The van der Waals surface area contributed by atoms with Gasteiger partial charge in [0.05, 0.1) is 4.90 Å². The van der Waals surface area contributed by atoms with Gasteiger partial charge in [0.15, 0.2) is 20.4 Å². The van der Waals surface area contributed by atoms with E-state index in [4.69, 9.17) is 12.2 Å². The van der Waals surface area contributed by atoms with E-state index in [1.807, 2.05) is 4.57 Å². The summed E-state index contributed by atoms with van der Waals surface area (Å²) in [6, 6.07) is 7.15. The summed E-state index contributed by atoms with van der Waals surface area (Å²) in [5.74, 6) is 0.771. The molecule has 1 N–H and O–H groups in total. The third-order valence-electron chi connectivity index (χ3n) is 3.16. The number of H-pyrrole nitrogens is 1. The number of nitrogens with one attached hydrogen (secondary N) is 1. The van der Waals surface area contributed by atoms with Gasteiger partial charge < -0.3 is 0 Å². The van der Waals surface area contributed by atoms with Crippen LogP contribution in [0.3, 0.4) is 0 Å². The Kier molecular flexibility index (Phi) is 2.83. The Morgan fingerprint density at radius 1 is 1.32 bits per heavy atom. The molecule has 0 bridgehead atoms. The molecule has 0 atom stereocenters. The number of rotatable bonds is 3. The van der Waals surface area contributed by atoms with Crippen LogP contribution in [0.15, 0.2) is 29.2 Å². The van der Waals surface area contributed by atoms with Crippen LogP contribution in [0.1, 0.15) is 18.9 Å². The molecule has 0 spiro atoms. The van der Waals surface area contributed by atoms with Gasteiger partial charge in [-0.3, -0.25) is 9.67 Å². The molecule has 19 heavy (non-hydrogen) atoms. The summed E-state index contributed by atoms with van der Waals surface area (Å²) >= 11 is 5.22. The smallest absolute Gasteiger partial charge is 0.195 e. The van der Waals surface area contributed by atoms with Gasteiger partial charge in [-0.2, -0.15) is 5.10 Å². The zero-order valence-electron chi connectivity index (χ0n) is 10.3. The Bertz CT molecular complexity index is 768. The molecule has 1 heterocycles. The monoisotopic (exact) mass is 295 g/mol. The highest BCUT2D eigenvalue weighted by Gasteiger charge is 2.27. The van der Waals surface area contributed by atoms with Crippen molar-refractivity contribution in [2.24, 2.45) is 0 Å². The highest BCUT2D eigenvalue weighted by atomic mass is 32.2. The maximum Gasteiger partial charge on any atom is 0.195 e. The largest absolute Gasteiger partial charge is 0.297 e. The number of benzene rings is 1. The van der Waals surface area contributed by atoms with E-state index in [2.05, 4.69) is 10.2 Å². The Balaban J connectivity index is 2.06. The number of aromatic amines is 1. The predicted octanol–water partition coefficient (Wildman–Crippen LogP) is 2.35. The number of hydrogen-bond acceptors (Lipinski definition) is 4. The molecule has 1 aromatic carbocycles. The second kappa shape index (κ2) is 4.28. The van der Waals surface area contributed by atoms with Crippen LogP contribution in [0.2, 0.25) is 0 Å². The van der Waals surface area contributed by atoms with Gasteiger partial charge in [0.1, 0.15) is 0 Å². The second-order valence-electron chi connectivity index (χ2n) is 4.75. The van der Waals surface area contributed by atoms with Crippen molar-refractivity contribution in [3.8, 4) is 11.4 Å². The minimum atomic E-state index is -3.17. The third-order valence-corrected chi connectivity index (χ3v) is 4.57. The van der Waals surface area contributed by atoms with Crippen LogP contribution in [0.4, 0.5) is 0 Å². The van der Waals surface area contributed by atoms with Crippen LogP contribution in [-0.2, 0) is 9.84 Å². The van der Waals surface area contributed by atoms with Crippen LogP contribution >= 0.6 is 12.2 Å². The van der Waals surface area contributed by atoms with Gasteiger partial charge in [0.25, 0.3) is 0 Å². The third kappa shape index (κ3) is 2.35. The summed E-state index contributed by atoms with van der Waals surface area (Å²) in [6.07, 6.45) is 3.42. The first kappa shape index (κ1) is 12.6. The standard InChI is InChI=1S/C12H13N3O2S2/c1-19(16,17)10-6-2-8(3-7-10)11-13-14-12(18)15(11)9-4-5-9/h2-3,6-7,9H,4-5H2,1H3,(H,14,18). The zero-order valence-corrected chi connectivity index (χ0v) is 12.0. The number of nitrogens with zero attached hydrogens (tertiary/aromatic N) is 2. The van der Waals surface area contributed by atoms with Gasteiger partial charge in [0.2, 0.25) is 0 Å². The van der Waals surface area contributed by atoms with Crippen molar-refractivity contribution in [3.63, 3.8) is 0 Å². The van der Waals surface area contributed by atoms with Crippen molar-refractivity contribution < 1.29 is 8.42 Å². The van der Waals surface area contributed by atoms with Crippen molar-refractivity contribution >= 4 is 22.1 Å². The SMILES string of the molecule is CS(=O)(=O)c1ccc(-c2n[nH]c(=S)n2C2CC2)cc1. The van der Waals surface area contributed by atoms with Gasteiger partial charge in [-0.15, -0.1) is 0 Å². The van der Waals surface area contributed by atoms with Crippen molar-refractivity contribution in [1.82, 2.24) is 14.8 Å². The molecule has 0 unspecified atom stereocenters. The van der Waals surface area contributed by atoms with Crippen molar-refractivity contribution in [3.05, 3.63) is 29.0 Å².